The highest BCUT2D eigenvalue weighted by molar-refractivity contribution is 6.79. The predicted molar refractivity (Wildman–Crippen MR) is 99.5 cm³/mol. The Labute approximate surface area is 130 Å². The van der Waals surface area contributed by atoms with Gasteiger partial charge in [-0.3, -0.25) is 0 Å². The summed E-state index contributed by atoms with van der Waals surface area (Å²) in [7, 11) is -6.20. The molecule has 3 nitrogen and oxygen atoms in total. The van der Waals surface area contributed by atoms with Crippen molar-refractivity contribution in [2.45, 2.75) is 65.5 Å². The smallest absolute Gasteiger partial charge is 0.377 e. The summed E-state index contributed by atoms with van der Waals surface area (Å²) in [5.41, 5.74) is 0. The van der Waals surface area contributed by atoms with Crippen LogP contribution in [0.2, 0.25) is 65.5 Å². The molecule has 0 atom stereocenters. The highest BCUT2D eigenvalue weighted by Crippen LogP contribution is 2.17. The van der Waals surface area contributed by atoms with E-state index in [0.717, 1.165) is 18.7 Å². The van der Waals surface area contributed by atoms with Gasteiger partial charge in [-0.15, -0.1) is 0 Å². The molecule has 0 radical (unpaired) electrons. The lowest BCUT2D eigenvalue weighted by atomic mass is 11.7. The van der Waals surface area contributed by atoms with Crippen molar-refractivity contribution in [2.24, 2.45) is 0 Å². The minimum Gasteiger partial charge on any atom is -0.377 e. The molecule has 0 bridgehead atoms. The zero-order chi connectivity index (χ0) is 16.2. The van der Waals surface area contributed by atoms with E-state index in [4.69, 9.17) is 13.3 Å². The third-order valence-corrected chi connectivity index (χ3v) is 8.21. The highest BCUT2D eigenvalue weighted by atomic mass is 28.4. The lowest BCUT2D eigenvalue weighted by Crippen LogP contribution is -2.51. The second-order valence-electron chi connectivity index (χ2n) is 9.41. The van der Waals surface area contributed by atoms with Crippen molar-refractivity contribution < 1.29 is 13.3 Å². The summed E-state index contributed by atoms with van der Waals surface area (Å²) in [5.74, 6) is 0. The van der Waals surface area contributed by atoms with Gasteiger partial charge in [-0.05, 0) is 0 Å². The minimum atomic E-state index is -2.47. The Morgan fingerprint density at radius 3 is 0.800 bits per heavy atom. The minimum absolute atomic E-state index is 0.827. The molecule has 0 amide bonds. The van der Waals surface area contributed by atoms with Crippen LogP contribution in [0.5, 0.6) is 0 Å². The van der Waals surface area contributed by atoms with Crippen molar-refractivity contribution in [1.29, 1.82) is 0 Å². The second-order valence-corrected chi connectivity index (χ2v) is 28.2. The summed E-state index contributed by atoms with van der Waals surface area (Å²) in [6, 6.07) is 0. The predicted octanol–water partition coefficient (Wildman–Crippen LogP) is 4.24. The highest BCUT2D eigenvalue weighted by Gasteiger charge is 2.39. The molecule has 20 heavy (non-hydrogen) atoms. The second kappa shape index (κ2) is 7.34. The first-order chi connectivity index (χ1) is 8.62. The zero-order valence-corrected chi connectivity index (χ0v) is 19.3. The van der Waals surface area contributed by atoms with E-state index >= 15 is 0 Å². The summed E-state index contributed by atoms with van der Waals surface area (Å²) in [6.45, 7) is 22.9. The van der Waals surface area contributed by atoms with Gasteiger partial charge in [0.05, 0.1) is 24.2 Å². The summed E-state index contributed by atoms with van der Waals surface area (Å²) >= 11 is 0. The molecule has 0 unspecified atom stereocenters. The molecule has 0 aliphatic heterocycles. The van der Waals surface area contributed by atoms with Crippen molar-refractivity contribution in [2.75, 3.05) is 18.7 Å². The fourth-order valence-corrected chi connectivity index (χ4v) is 9.76. The molecule has 0 N–H and O–H groups in total. The quantitative estimate of drug-likeness (QED) is 0.581. The van der Waals surface area contributed by atoms with Crippen LogP contribution < -0.4 is 0 Å². The molecule has 0 heterocycles. The number of hydrogen-bond acceptors (Lipinski definition) is 3. The standard InChI is InChI=1S/C13H36O3Si4/c1-17(2,3)11-14-20(10,15-12-18(4,5)6)16-13-19(7,8)9/h11-13H2,1-10H3. The first-order valence-electron chi connectivity index (χ1n) is 7.54. The first-order valence-corrected chi connectivity index (χ1v) is 20.9. The van der Waals surface area contributed by atoms with Crippen molar-refractivity contribution in [3.05, 3.63) is 0 Å². The maximum atomic E-state index is 6.19. The normalized spacial score (nSPS) is 14.7. The fraction of sp³-hybridized carbons (Fsp3) is 1.00. The monoisotopic (exact) mass is 352 g/mol. The van der Waals surface area contributed by atoms with Gasteiger partial charge in [-0.1, -0.05) is 58.9 Å². The van der Waals surface area contributed by atoms with Crippen LogP contribution >= 0.6 is 0 Å². The van der Waals surface area contributed by atoms with Crippen molar-refractivity contribution >= 4 is 33.0 Å². The molecule has 0 saturated heterocycles. The SMILES string of the molecule is C[Si](C)(C)CO[Si](C)(OC[Si](C)(C)C)OC[Si](C)(C)C. The third kappa shape index (κ3) is 12.5. The van der Waals surface area contributed by atoms with E-state index in [1.54, 1.807) is 0 Å². The van der Waals surface area contributed by atoms with Crippen LogP contribution in [0, 0.1) is 0 Å². The van der Waals surface area contributed by atoms with Crippen LogP contribution in [0.3, 0.4) is 0 Å². The van der Waals surface area contributed by atoms with Gasteiger partial charge >= 0.3 is 8.80 Å². The molecular weight excluding hydrogens is 316 g/mol. The van der Waals surface area contributed by atoms with Crippen molar-refractivity contribution in [3.63, 3.8) is 0 Å². The fourth-order valence-electron chi connectivity index (χ4n) is 1.17. The number of hydrogen-bond donors (Lipinski definition) is 0. The van der Waals surface area contributed by atoms with Gasteiger partial charge in [-0.25, -0.2) is 0 Å². The van der Waals surface area contributed by atoms with Gasteiger partial charge in [0.15, 0.2) is 0 Å². The Bertz CT molecular complexity index is 244. The van der Waals surface area contributed by atoms with E-state index < -0.39 is 33.0 Å². The van der Waals surface area contributed by atoms with Gasteiger partial charge in [0.25, 0.3) is 0 Å². The molecule has 122 valence electrons. The first kappa shape index (κ1) is 20.7. The molecule has 0 rings (SSSR count). The summed E-state index contributed by atoms with van der Waals surface area (Å²) in [6.07, 6.45) is 2.48. The largest absolute Gasteiger partial charge is 0.496 e. The maximum Gasteiger partial charge on any atom is 0.496 e. The van der Waals surface area contributed by atoms with Crippen LogP contribution in [0.4, 0.5) is 0 Å². The molecule has 0 spiro atoms. The molecule has 0 fully saturated rings. The Balaban J connectivity index is 4.66. The molecule has 0 aromatic rings. The Hall–Kier alpha value is 0.748. The Morgan fingerprint density at radius 2 is 0.650 bits per heavy atom. The van der Waals surface area contributed by atoms with Crippen LogP contribution in [0.25, 0.3) is 0 Å². The van der Waals surface area contributed by atoms with Gasteiger partial charge in [0, 0.05) is 25.2 Å². The van der Waals surface area contributed by atoms with E-state index in [-0.39, 0.29) is 0 Å². The zero-order valence-electron chi connectivity index (χ0n) is 15.3. The van der Waals surface area contributed by atoms with Gasteiger partial charge in [-0.2, -0.15) is 0 Å². The maximum absolute atomic E-state index is 6.19. The van der Waals surface area contributed by atoms with E-state index in [1.807, 2.05) is 0 Å². The third-order valence-electron chi connectivity index (χ3n) is 2.30. The molecule has 0 aliphatic carbocycles. The summed E-state index contributed by atoms with van der Waals surface area (Å²) < 4.78 is 18.6. The van der Waals surface area contributed by atoms with E-state index in [9.17, 15) is 0 Å². The van der Waals surface area contributed by atoms with Crippen LogP contribution in [0.15, 0.2) is 0 Å². The van der Waals surface area contributed by atoms with Gasteiger partial charge in [0.1, 0.15) is 0 Å². The van der Waals surface area contributed by atoms with Crippen LogP contribution in [0.1, 0.15) is 0 Å². The van der Waals surface area contributed by atoms with E-state index in [2.05, 4.69) is 65.5 Å². The molecular formula is C13H36O3Si4. The van der Waals surface area contributed by atoms with Gasteiger partial charge in [0.2, 0.25) is 0 Å². The molecule has 7 heteroatoms. The Morgan fingerprint density at radius 1 is 0.450 bits per heavy atom. The van der Waals surface area contributed by atoms with Crippen molar-refractivity contribution in [3.8, 4) is 0 Å². The molecule has 0 aliphatic rings. The average molecular weight is 353 g/mol. The molecule has 0 saturated carbocycles. The van der Waals surface area contributed by atoms with Gasteiger partial charge < -0.3 is 13.3 Å². The molecule has 0 aromatic heterocycles. The number of rotatable bonds is 9. The van der Waals surface area contributed by atoms with E-state index in [0.29, 0.717) is 0 Å². The van der Waals surface area contributed by atoms with Crippen LogP contribution in [-0.2, 0) is 13.3 Å². The summed E-state index contributed by atoms with van der Waals surface area (Å²) in [5, 5.41) is 0. The topological polar surface area (TPSA) is 27.7 Å². The average Bonchev–Trinajstić information content (AvgIpc) is 2.18. The van der Waals surface area contributed by atoms with E-state index in [1.165, 1.54) is 0 Å². The Kier molecular flexibility index (Phi) is 7.62. The van der Waals surface area contributed by atoms with Crippen molar-refractivity contribution in [1.82, 2.24) is 0 Å². The summed E-state index contributed by atoms with van der Waals surface area (Å²) in [4.78, 5) is 0. The molecule has 0 aromatic carbocycles. The van der Waals surface area contributed by atoms with Crippen LogP contribution in [-0.4, -0.2) is 51.7 Å². The lowest BCUT2D eigenvalue weighted by Gasteiger charge is -2.33. The lowest BCUT2D eigenvalue weighted by molar-refractivity contribution is 0.104.